The highest BCUT2D eigenvalue weighted by Crippen LogP contribution is 2.30. The maximum absolute atomic E-state index is 13.6. The molecule has 4 aromatic rings. The van der Waals surface area contributed by atoms with Crippen LogP contribution in [0.2, 0.25) is 0 Å². The highest BCUT2D eigenvalue weighted by atomic mass is 79.9. The zero-order chi connectivity index (χ0) is 24.4. The summed E-state index contributed by atoms with van der Waals surface area (Å²) < 4.78 is 7.94. The van der Waals surface area contributed by atoms with Crippen LogP contribution in [0.15, 0.2) is 56.9 Å². The summed E-state index contributed by atoms with van der Waals surface area (Å²) in [4.78, 5) is 32.8. The number of thioether (sulfide) groups is 1. The van der Waals surface area contributed by atoms with Crippen LogP contribution < -0.4 is 15.6 Å². The van der Waals surface area contributed by atoms with Gasteiger partial charge in [0.2, 0.25) is 5.91 Å². The number of nitrogens with one attached hydrogen (secondary N) is 1. The van der Waals surface area contributed by atoms with E-state index in [-0.39, 0.29) is 17.2 Å². The van der Waals surface area contributed by atoms with Gasteiger partial charge in [0.15, 0.2) is 5.16 Å². The number of anilines is 1. The number of rotatable bonds is 7. The fourth-order valence-corrected chi connectivity index (χ4v) is 5.97. The van der Waals surface area contributed by atoms with Gasteiger partial charge in [-0.1, -0.05) is 17.8 Å². The summed E-state index contributed by atoms with van der Waals surface area (Å²) in [5, 5.41) is 4.01. The Morgan fingerprint density at radius 1 is 1.18 bits per heavy atom. The fraction of sp³-hybridized carbons (Fsp3) is 0.240. The molecule has 0 aliphatic carbocycles. The van der Waals surface area contributed by atoms with Gasteiger partial charge in [-0.15, -0.1) is 11.3 Å². The van der Waals surface area contributed by atoms with Crippen molar-refractivity contribution in [1.82, 2.24) is 9.55 Å². The third-order valence-electron chi connectivity index (χ3n) is 5.31. The van der Waals surface area contributed by atoms with Gasteiger partial charge >= 0.3 is 0 Å². The van der Waals surface area contributed by atoms with Gasteiger partial charge in [0.25, 0.3) is 5.56 Å². The number of aryl methyl sites for hydroxylation is 3. The topological polar surface area (TPSA) is 73.2 Å². The summed E-state index contributed by atoms with van der Waals surface area (Å²) in [6.07, 6.45) is 0. The minimum atomic E-state index is -0.180. The molecule has 1 N–H and O–H groups in total. The van der Waals surface area contributed by atoms with Crippen LogP contribution in [0.5, 0.6) is 5.75 Å². The maximum atomic E-state index is 13.6. The van der Waals surface area contributed by atoms with Gasteiger partial charge in [-0.25, -0.2) is 4.98 Å². The Hall–Kier alpha value is -2.62. The Morgan fingerprint density at radius 2 is 1.91 bits per heavy atom. The zero-order valence-corrected chi connectivity index (χ0v) is 22.5. The standard InChI is InChI=1S/C25H24BrN3O3S2/c1-5-32-18-9-7-17(8-10-18)29-24(31)22-15(3)16(4)34-23(22)28-25(29)33-13-21(30)27-20-11-6-14(2)12-19(20)26/h6-12H,5,13H2,1-4H3,(H,27,30). The zero-order valence-electron chi connectivity index (χ0n) is 19.3. The fourth-order valence-electron chi connectivity index (χ4n) is 3.50. The van der Waals surface area contributed by atoms with E-state index >= 15 is 0 Å². The quantitative estimate of drug-likeness (QED) is 0.214. The Kier molecular flexibility index (Phi) is 7.45. The van der Waals surface area contributed by atoms with Crippen LogP contribution in [0.25, 0.3) is 15.9 Å². The predicted molar refractivity (Wildman–Crippen MR) is 144 cm³/mol. The number of thiophene rings is 1. The maximum Gasteiger partial charge on any atom is 0.267 e. The lowest BCUT2D eigenvalue weighted by Gasteiger charge is -2.13. The van der Waals surface area contributed by atoms with Crippen LogP contribution in [0.1, 0.15) is 22.9 Å². The average molecular weight is 559 g/mol. The molecule has 9 heteroatoms. The van der Waals surface area contributed by atoms with E-state index in [1.807, 2.05) is 70.2 Å². The van der Waals surface area contributed by atoms with Gasteiger partial charge in [-0.05, 0) is 91.1 Å². The van der Waals surface area contributed by atoms with E-state index in [1.54, 1.807) is 4.57 Å². The van der Waals surface area contributed by atoms with E-state index in [0.717, 1.165) is 26.2 Å². The largest absolute Gasteiger partial charge is 0.494 e. The molecule has 0 saturated carbocycles. The number of fused-ring (bicyclic) bond motifs is 1. The van der Waals surface area contributed by atoms with E-state index in [0.29, 0.717) is 33.4 Å². The molecule has 1 amide bonds. The monoisotopic (exact) mass is 557 g/mol. The lowest BCUT2D eigenvalue weighted by atomic mass is 10.2. The molecule has 2 aromatic heterocycles. The van der Waals surface area contributed by atoms with E-state index in [4.69, 9.17) is 9.72 Å². The summed E-state index contributed by atoms with van der Waals surface area (Å²) in [5.74, 6) is 0.660. The molecule has 2 aromatic carbocycles. The highest BCUT2D eigenvalue weighted by Gasteiger charge is 2.19. The number of halogens is 1. The smallest absolute Gasteiger partial charge is 0.267 e. The molecule has 0 fully saturated rings. The summed E-state index contributed by atoms with van der Waals surface area (Å²) in [6.45, 7) is 8.41. The first kappa shape index (κ1) is 24.5. The molecule has 0 unspecified atom stereocenters. The third kappa shape index (κ3) is 5.06. The molecular weight excluding hydrogens is 534 g/mol. The third-order valence-corrected chi connectivity index (χ3v) is 8.00. The van der Waals surface area contributed by atoms with Gasteiger partial charge in [0.05, 0.1) is 29.1 Å². The summed E-state index contributed by atoms with van der Waals surface area (Å²) in [5.41, 5.74) is 3.27. The number of benzene rings is 2. The van der Waals surface area contributed by atoms with Crippen molar-refractivity contribution in [1.29, 1.82) is 0 Å². The van der Waals surface area contributed by atoms with Crippen molar-refractivity contribution in [2.45, 2.75) is 32.9 Å². The Morgan fingerprint density at radius 3 is 2.59 bits per heavy atom. The van der Waals surface area contributed by atoms with E-state index < -0.39 is 0 Å². The van der Waals surface area contributed by atoms with Crippen LogP contribution in [0.3, 0.4) is 0 Å². The van der Waals surface area contributed by atoms with Crippen LogP contribution in [0, 0.1) is 20.8 Å². The normalized spacial score (nSPS) is 11.1. The van der Waals surface area contributed by atoms with Gasteiger partial charge in [-0.2, -0.15) is 0 Å². The number of hydrogen-bond donors (Lipinski definition) is 1. The second kappa shape index (κ2) is 10.3. The first-order chi connectivity index (χ1) is 16.3. The summed E-state index contributed by atoms with van der Waals surface area (Å²) in [7, 11) is 0. The van der Waals surface area contributed by atoms with Gasteiger partial charge < -0.3 is 10.1 Å². The Balaban J connectivity index is 1.68. The molecule has 0 atom stereocenters. The molecule has 0 bridgehead atoms. The molecule has 0 spiro atoms. The molecule has 34 heavy (non-hydrogen) atoms. The lowest BCUT2D eigenvalue weighted by Crippen LogP contribution is -2.23. The number of nitrogens with zero attached hydrogens (tertiary/aromatic N) is 2. The number of amides is 1. The van der Waals surface area contributed by atoms with Gasteiger partial charge in [0, 0.05) is 9.35 Å². The summed E-state index contributed by atoms with van der Waals surface area (Å²) in [6, 6.07) is 13.1. The van der Waals surface area contributed by atoms with E-state index in [2.05, 4.69) is 21.2 Å². The molecule has 6 nitrogen and oxygen atoms in total. The van der Waals surface area contributed by atoms with Crippen LogP contribution >= 0.6 is 39.0 Å². The molecule has 176 valence electrons. The van der Waals surface area contributed by atoms with Gasteiger partial charge in [0.1, 0.15) is 10.6 Å². The first-order valence-electron chi connectivity index (χ1n) is 10.7. The number of carbonyl (C=O) groups excluding carboxylic acids is 1. The number of ether oxygens (including phenoxy) is 1. The Bertz CT molecular complexity index is 1430. The van der Waals surface area contributed by atoms with Crippen LogP contribution in [0.4, 0.5) is 5.69 Å². The minimum absolute atomic E-state index is 0.110. The van der Waals surface area contributed by atoms with Crippen molar-refractivity contribution in [3.8, 4) is 11.4 Å². The predicted octanol–water partition coefficient (Wildman–Crippen LogP) is 6.26. The highest BCUT2D eigenvalue weighted by molar-refractivity contribution is 9.10. The number of aromatic nitrogens is 2. The number of hydrogen-bond acceptors (Lipinski definition) is 6. The van der Waals surface area contributed by atoms with E-state index in [9.17, 15) is 9.59 Å². The Labute approximate surface area is 214 Å². The van der Waals surface area contributed by atoms with Crippen molar-refractivity contribution in [2.75, 3.05) is 17.7 Å². The molecule has 0 aliphatic rings. The van der Waals surface area contributed by atoms with Crippen molar-refractivity contribution >= 4 is 60.8 Å². The molecule has 2 heterocycles. The molecular formula is C25H24BrN3O3S2. The molecule has 4 rings (SSSR count). The van der Waals surface area contributed by atoms with Crippen LogP contribution in [-0.4, -0.2) is 27.8 Å². The summed E-state index contributed by atoms with van der Waals surface area (Å²) >= 11 is 6.22. The second-order valence-electron chi connectivity index (χ2n) is 7.75. The SMILES string of the molecule is CCOc1ccc(-n2c(SCC(=O)Nc3ccc(C)cc3Br)nc3sc(C)c(C)c3c2=O)cc1. The lowest BCUT2D eigenvalue weighted by molar-refractivity contribution is -0.113. The minimum Gasteiger partial charge on any atom is -0.494 e. The second-order valence-corrected chi connectivity index (χ2v) is 10.7. The molecule has 0 radical (unpaired) electrons. The molecule has 0 aliphatic heterocycles. The van der Waals surface area contributed by atoms with Crippen molar-refractivity contribution in [3.63, 3.8) is 0 Å². The van der Waals surface area contributed by atoms with E-state index in [1.165, 1.54) is 23.1 Å². The number of carbonyl (C=O) groups is 1. The van der Waals surface area contributed by atoms with Crippen molar-refractivity contribution in [2.24, 2.45) is 0 Å². The first-order valence-corrected chi connectivity index (χ1v) is 13.3. The van der Waals surface area contributed by atoms with Crippen LogP contribution in [-0.2, 0) is 4.79 Å². The van der Waals surface area contributed by atoms with Gasteiger partial charge in [-0.3, -0.25) is 14.2 Å². The van der Waals surface area contributed by atoms with Crippen molar-refractivity contribution in [3.05, 3.63) is 73.3 Å². The average Bonchev–Trinajstić information content (AvgIpc) is 3.09. The van der Waals surface area contributed by atoms with Crippen molar-refractivity contribution < 1.29 is 9.53 Å². The molecule has 0 saturated heterocycles.